The lowest BCUT2D eigenvalue weighted by Crippen LogP contribution is -2.52. The maximum Gasteiger partial charge on any atom is 0.334 e. The van der Waals surface area contributed by atoms with Gasteiger partial charge in [-0.1, -0.05) is 55.8 Å². The molecular weight excluding hydrogens is 408 g/mol. The van der Waals surface area contributed by atoms with Gasteiger partial charge < -0.3 is 9.47 Å². The summed E-state index contributed by atoms with van der Waals surface area (Å²) in [5, 5.41) is 0. The highest BCUT2D eigenvalue weighted by molar-refractivity contribution is 5.91. The Morgan fingerprint density at radius 3 is 2.67 bits per heavy atom. The minimum absolute atomic E-state index is 0.0671. The minimum Gasteiger partial charge on any atom is -0.458 e. The van der Waals surface area contributed by atoms with Crippen molar-refractivity contribution >= 4 is 5.97 Å². The predicted molar refractivity (Wildman–Crippen MR) is 129 cm³/mol. The van der Waals surface area contributed by atoms with Crippen LogP contribution >= 0.6 is 0 Å². The van der Waals surface area contributed by atoms with Crippen molar-refractivity contribution < 1.29 is 14.3 Å². The predicted octanol–water partition coefficient (Wildman–Crippen LogP) is 6.63. The van der Waals surface area contributed by atoms with Gasteiger partial charge in [0, 0.05) is 11.5 Å². The topological polar surface area (TPSA) is 35.5 Å². The van der Waals surface area contributed by atoms with E-state index in [2.05, 4.69) is 56.3 Å². The van der Waals surface area contributed by atoms with Gasteiger partial charge in [0.1, 0.15) is 6.61 Å². The van der Waals surface area contributed by atoms with Crippen LogP contribution in [0, 0.1) is 34.5 Å². The van der Waals surface area contributed by atoms with Crippen LogP contribution < -0.4 is 0 Å². The zero-order chi connectivity index (χ0) is 22.6. The molecule has 7 atom stereocenters. The van der Waals surface area contributed by atoms with Crippen LogP contribution in [0.4, 0.5) is 0 Å². The van der Waals surface area contributed by atoms with Crippen LogP contribution in [-0.4, -0.2) is 18.7 Å². The SMILES string of the molecule is CC12CCC(OCc3ccccc3)CC1CCC1C3=CC[C@H](C4=CCOC4=O)C3(C)CCC12. The van der Waals surface area contributed by atoms with Crippen molar-refractivity contribution in [3.8, 4) is 0 Å². The molecule has 1 heterocycles. The van der Waals surface area contributed by atoms with Crippen LogP contribution in [0.2, 0.25) is 0 Å². The van der Waals surface area contributed by atoms with Crippen LogP contribution in [0.25, 0.3) is 0 Å². The van der Waals surface area contributed by atoms with Crippen molar-refractivity contribution in [1.29, 1.82) is 0 Å². The molecule has 3 fully saturated rings. The first-order valence-corrected chi connectivity index (χ1v) is 13.2. The van der Waals surface area contributed by atoms with Gasteiger partial charge in [0.15, 0.2) is 0 Å². The standard InChI is InChI=1S/C30H38O3/c1-29-15-12-22(33-19-20-6-4-3-5-7-20)18-21(29)8-9-23-25-10-11-26(24-14-17-32-28(24)31)30(25,2)16-13-27(23)29/h3-7,10,14,21-23,26-27H,8-9,11-13,15-19H2,1-2H3/t21?,22?,23?,26-,27?,29?,30?/m1/s1. The molecular formula is C30H38O3. The maximum atomic E-state index is 12.3. The number of carbonyl (C=O) groups excluding carboxylic acids is 1. The molecule has 6 unspecified atom stereocenters. The third-order valence-electron chi connectivity index (χ3n) is 10.5. The number of cyclic esters (lactones) is 1. The second kappa shape index (κ2) is 8.12. The molecule has 0 aromatic heterocycles. The molecule has 3 nitrogen and oxygen atoms in total. The Hall–Kier alpha value is -1.87. The molecule has 3 saturated carbocycles. The number of benzene rings is 1. The van der Waals surface area contributed by atoms with Gasteiger partial charge in [0.05, 0.1) is 12.7 Å². The fourth-order valence-electron chi connectivity index (χ4n) is 8.62. The van der Waals surface area contributed by atoms with Crippen LogP contribution in [0.1, 0.15) is 70.8 Å². The van der Waals surface area contributed by atoms with Crippen LogP contribution in [0.3, 0.4) is 0 Å². The van der Waals surface area contributed by atoms with Crippen molar-refractivity contribution in [3.05, 3.63) is 59.2 Å². The average Bonchev–Trinajstić information content (AvgIpc) is 3.40. The number of hydrogen-bond donors (Lipinski definition) is 0. The highest BCUT2D eigenvalue weighted by Gasteiger charge is 2.58. The molecule has 0 bridgehead atoms. The molecule has 0 spiro atoms. The number of carbonyl (C=O) groups is 1. The van der Waals surface area contributed by atoms with E-state index in [0.717, 1.165) is 30.4 Å². The Morgan fingerprint density at radius 1 is 1.03 bits per heavy atom. The van der Waals surface area contributed by atoms with Crippen molar-refractivity contribution in [2.24, 2.45) is 34.5 Å². The third-order valence-corrected chi connectivity index (χ3v) is 10.5. The summed E-state index contributed by atoms with van der Waals surface area (Å²) < 4.78 is 11.7. The van der Waals surface area contributed by atoms with Crippen molar-refractivity contribution in [3.63, 3.8) is 0 Å². The molecule has 33 heavy (non-hydrogen) atoms. The summed E-state index contributed by atoms with van der Waals surface area (Å²) in [5.41, 5.74) is 4.51. The molecule has 5 aliphatic rings. The van der Waals surface area contributed by atoms with E-state index < -0.39 is 0 Å². The van der Waals surface area contributed by atoms with Gasteiger partial charge in [-0.05, 0) is 91.6 Å². The monoisotopic (exact) mass is 446 g/mol. The summed E-state index contributed by atoms with van der Waals surface area (Å²) in [4.78, 5) is 12.3. The Morgan fingerprint density at radius 2 is 1.88 bits per heavy atom. The number of allylic oxidation sites excluding steroid dienone is 2. The molecule has 176 valence electrons. The van der Waals surface area contributed by atoms with Gasteiger partial charge in [0.2, 0.25) is 0 Å². The van der Waals surface area contributed by atoms with Gasteiger partial charge >= 0.3 is 5.97 Å². The molecule has 1 aliphatic heterocycles. The first-order valence-electron chi connectivity index (χ1n) is 13.2. The lowest BCUT2D eigenvalue weighted by molar-refractivity contribution is -0.137. The second-order valence-corrected chi connectivity index (χ2v) is 11.8. The molecule has 0 saturated heterocycles. The maximum absolute atomic E-state index is 12.3. The zero-order valence-corrected chi connectivity index (χ0v) is 20.2. The molecule has 0 amide bonds. The lowest BCUT2D eigenvalue weighted by atomic mass is 9.45. The molecule has 1 aromatic rings. The summed E-state index contributed by atoms with van der Waals surface area (Å²) in [6.07, 6.45) is 14.9. The van der Waals surface area contributed by atoms with Gasteiger partial charge in [-0.3, -0.25) is 0 Å². The lowest BCUT2D eigenvalue weighted by Gasteiger charge is -2.59. The van der Waals surface area contributed by atoms with Crippen LogP contribution in [-0.2, 0) is 20.9 Å². The summed E-state index contributed by atoms with van der Waals surface area (Å²) in [6, 6.07) is 10.6. The van der Waals surface area contributed by atoms with Gasteiger partial charge in [0.25, 0.3) is 0 Å². The minimum atomic E-state index is -0.0671. The Balaban J connectivity index is 1.15. The fraction of sp³-hybridized carbons (Fsp3) is 0.633. The van der Waals surface area contributed by atoms with Gasteiger partial charge in [-0.25, -0.2) is 4.79 Å². The highest BCUT2D eigenvalue weighted by atomic mass is 16.5. The largest absolute Gasteiger partial charge is 0.458 e. The molecule has 1 aromatic carbocycles. The molecule has 4 aliphatic carbocycles. The van der Waals surface area contributed by atoms with E-state index in [-0.39, 0.29) is 11.4 Å². The average molecular weight is 447 g/mol. The van der Waals surface area contributed by atoms with E-state index >= 15 is 0 Å². The number of fused-ring (bicyclic) bond motifs is 5. The van der Waals surface area contributed by atoms with E-state index in [9.17, 15) is 4.79 Å². The van der Waals surface area contributed by atoms with E-state index in [1.807, 2.05) is 0 Å². The highest BCUT2D eigenvalue weighted by Crippen LogP contribution is 2.66. The Kier molecular flexibility index (Phi) is 5.32. The molecule has 6 rings (SSSR count). The van der Waals surface area contributed by atoms with Crippen molar-refractivity contribution in [2.45, 2.75) is 77.9 Å². The molecule has 0 N–H and O–H groups in total. The number of hydrogen-bond acceptors (Lipinski definition) is 3. The second-order valence-electron chi connectivity index (χ2n) is 11.8. The quantitative estimate of drug-likeness (QED) is 0.384. The number of rotatable bonds is 4. The smallest absolute Gasteiger partial charge is 0.334 e. The van der Waals surface area contributed by atoms with E-state index in [0.29, 0.717) is 30.0 Å². The van der Waals surface area contributed by atoms with Crippen LogP contribution in [0.5, 0.6) is 0 Å². The van der Waals surface area contributed by atoms with E-state index in [1.54, 1.807) is 5.57 Å². The Bertz CT molecular complexity index is 978. The molecule has 3 heteroatoms. The summed E-state index contributed by atoms with van der Waals surface area (Å²) in [6.45, 7) is 6.26. The van der Waals surface area contributed by atoms with Crippen LogP contribution in [0.15, 0.2) is 53.6 Å². The fourth-order valence-corrected chi connectivity index (χ4v) is 8.62. The summed E-state index contributed by atoms with van der Waals surface area (Å²) in [5.74, 6) is 2.53. The zero-order valence-electron chi connectivity index (χ0n) is 20.2. The third kappa shape index (κ3) is 3.45. The number of esters is 1. The first kappa shape index (κ1) is 21.6. The summed E-state index contributed by atoms with van der Waals surface area (Å²) in [7, 11) is 0. The first-order chi connectivity index (χ1) is 16.0. The van der Waals surface area contributed by atoms with E-state index in [4.69, 9.17) is 9.47 Å². The van der Waals surface area contributed by atoms with Crippen molar-refractivity contribution in [1.82, 2.24) is 0 Å². The van der Waals surface area contributed by atoms with E-state index in [1.165, 1.54) is 50.5 Å². The van der Waals surface area contributed by atoms with Crippen molar-refractivity contribution in [2.75, 3.05) is 6.61 Å². The number of ether oxygens (including phenoxy) is 2. The van der Waals surface area contributed by atoms with Gasteiger partial charge in [-0.15, -0.1) is 0 Å². The van der Waals surface area contributed by atoms with Gasteiger partial charge in [-0.2, -0.15) is 0 Å². The normalized spacial score (nSPS) is 42.0. The summed E-state index contributed by atoms with van der Waals surface area (Å²) >= 11 is 0. The Labute approximate surface area is 198 Å². The molecule has 0 radical (unpaired) electrons.